The van der Waals surface area contributed by atoms with Crippen molar-refractivity contribution in [3.05, 3.63) is 64.1 Å². The molecule has 0 atom stereocenters. The summed E-state index contributed by atoms with van der Waals surface area (Å²) in [5.41, 5.74) is 3.72. The van der Waals surface area contributed by atoms with Crippen LogP contribution in [0.2, 0.25) is 0 Å². The molecule has 0 saturated carbocycles. The van der Waals surface area contributed by atoms with Crippen LogP contribution in [0.5, 0.6) is 0 Å². The molecule has 0 N–H and O–H groups in total. The summed E-state index contributed by atoms with van der Waals surface area (Å²) in [4.78, 5) is 20.6. The first kappa shape index (κ1) is 18.3. The van der Waals surface area contributed by atoms with Crippen LogP contribution in [0.3, 0.4) is 0 Å². The SMILES string of the molecule is CC(C)c1ccccc1-n1ccnc1SCC(=O)N1CCc2sccc2C1. The van der Waals surface area contributed by atoms with Gasteiger partial charge in [-0.2, -0.15) is 0 Å². The molecule has 6 heteroatoms. The van der Waals surface area contributed by atoms with Gasteiger partial charge in [-0.1, -0.05) is 43.8 Å². The van der Waals surface area contributed by atoms with Crippen molar-refractivity contribution in [2.75, 3.05) is 12.3 Å². The van der Waals surface area contributed by atoms with Gasteiger partial charge in [-0.25, -0.2) is 4.98 Å². The molecule has 1 aliphatic heterocycles. The van der Waals surface area contributed by atoms with E-state index in [-0.39, 0.29) is 5.91 Å². The maximum absolute atomic E-state index is 12.7. The molecule has 0 spiro atoms. The van der Waals surface area contributed by atoms with E-state index in [0.29, 0.717) is 11.7 Å². The standard InChI is InChI=1S/C21H23N3OS2/c1-15(2)17-5-3-4-6-18(17)24-11-9-22-21(24)27-14-20(25)23-10-7-19-16(13-23)8-12-26-19/h3-6,8-9,11-12,15H,7,10,13-14H2,1-2H3. The number of thioether (sulfide) groups is 1. The molecule has 0 fully saturated rings. The van der Waals surface area contributed by atoms with E-state index in [1.165, 1.54) is 27.8 Å². The van der Waals surface area contributed by atoms with Gasteiger partial charge >= 0.3 is 0 Å². The summed E-state index contributed by atoms with van der Waals surface area (Å²) in [5.74, 6) is 1.03. The summed E-state index contributed by atoms with van der Waals surface area (Å²) >= 11 is 3.31. The van der Waals surface area contributed by atoms with E-state index in [4.69, 9.17) is 0 Å². The Morgan fingerprint density at radius 1 is 1.30 bits per heavy atom. The number of aromatic nitrogens is 2. The van der Waals surface area contributed by atoms with E-state index in [2.05, 4.69) is 53.0 Å². The van der Waals surface area contributed by atoms with E-state index in [9.17, 15) is 4.79 Å². The first-order chi connectivity index (χ1) is 13.1. The smallest absolute Gasteiger partial charge is 0.233 e. The highest BCUT2D eigenvalue weighted by atomic mass is 32.2. The van der Waals surface area contributed by atoms with Gasteiger partial charge in [0.15, 0.2) is 5.16 Å². The Bertz CT molecular complexity index is 944. The minimum atomic E-state index is 0.184. The van der Waals surface area contributed by atoms with Gasteiger partial charge in [0.1, 0.15) is 0 Å². The van der Waals surface area contributed by atoms with Crippen molar-refractivity contribution in [2.45, 2.75) is 37.9 Å². The highest BCUT2D eigenvalue weighted by Crippen LogP contribution is 2.28. The number of hydrogen-bond acceptors (Lipinski definition) is 4. The second-order valence-electron chi connectivity index (χ2n) is 7.02. The average Bonchev–Trinajstić information content (AvgIpc) is 3.34. The highest BCUT2D eigenvalue weighted by molar-refractivity contribution is 7.99. The third-order valence-corrected chi connectivity index (χ3v) is 6.88. The van der Waals surface area contributed by atoms with Crippen LogP contribution >= 0.6 is 23.1 Å². The maximum atomic E-state index is 12.7. The molecule has 1 amide bonds. The van der Waals surface area contributed by atoms with E-state index < -0.39 is 0 Å². The number of amides is 1. The zero-order valence-electron chi connectivity index (χ0n) is 15.6. The van der Waals surface area contributed by atoms with Crippen LogP contribution in [0.1, 0.15) is 35.8 Å². The van der Waals surface area contributed by atoms with Crippen molar-refractivity contribution in [2.24, 2.45) is 0 Å². The van der Waals surface area contributed by atoms with Crippen molar-refractivity contribution >= 4 is 29.0 Å². The predicted octanol–water partition coefficient (Wildman–Crippen LogP) is 4.73. The molecule has 0 saturated heterocycles. The molecule has 1 aliphatic rings. The third-order valence-electron chi connectivity index (χ3n) is 4.91. The number of thiophene rings is 1. The van der Waals surface area contributed by atoms with Gasteiger partial charge in [0.25, 0.3) is 0 Å². The fraction of sp³-hybridized carbons (Fsp3) is 0.333. The minimum Gasteiger partial charge on any atom is -0.337 e. The summed E-state index contributed by atoms with van der Waals surface area (Å²) in [5, 5.41) is 2.99. The Morgan fingerprint density at radius 3 is 3.00 bits per heavy atom. The molecule has 3 heterocycles. The Kier molecular flexibility index (Phi) is 5.36. The first-order valence-corrected chi connectivity index (χ1v) is 11.1. The number of nitrogens with zero attached hydrogens (tertiary/aromatic N) is 3. The predicted molar refractivity (Wildman–Crippen MR) is 112 cm³/mol. The molecule has 0 radical (unpaired) electrons. The number of benzene rings is 1. The number of rotatable bonds is 5. The summed E-state index contributed by atoms with van der Waals surface area (Å²) in [6.45, 7) is 5.95. The van der Waals surface area contributed by atoms with Gasteiger partial charge in [-0.3, -0.25) is 9.36 Å². The second kappa shape index (κ2) is 7.90. The van der Waals surface area contributed by atoms with Crippen LogP contribution in [0.4, 0.5) is 0 Å². The lowest BCUT2D eigenvalue weighted by Crippen LogP contribution is -2.36. The zero-order valence-corrected chi connectivity index (χ0v) is 17.2. The number of hydrogen-bond donors (Lipinski definition) is 0. The van der Waals surface area contributed by atoms with Gasteiger partial charge in [-0.15, -0.1) is 11.3 Å². The molecule has 3 aromatic rings. The Morgan fingerprint density at radius 2 is 2.15 bits per heavy atom. The Balaban J connectivity index is 1.46. The average molecular weight is 398 g/mol. The van der Waals surface area contributed by atoms with Crippen LogP contribution in [0.15, 0.2) is 53.3 Å². The van der Waals surface area contributed by atoms with Crippen LogP contribution in [-0.4, -0.2) is 32.7 Å². The molecule has 1 aromatic carbocycles. The number of carbonyl (C=O) groups excluding carboxylic acids is 1. The van der Waals surface area contributed by atoms with Gasteiger partial charge in [-0.05, 0) is 41.0 Å². The second-order valence-corrected chi connectivity index (χ2v) is 8.96. The van der Waals surface area contributed by atoms with Crippen molar-refractivity contribution in [3.63, 3.8) is 0 Å². The van der Waals surface area contributed by atoms with E-state index in [1.807, 2.05) is 23.4 Å². The first-order valence-electron chi connectivity index (χ1n) is 9.22. The molecule has 0 aliphatic carbocycles. The minimum absolute atomic E-state index is 0.184. The molecule has 0 bridgehead atoms. The fourth-order valence-corrected chi connectivity index (χ4v) is 5.21. The van der Waals surface area contributed by atoms with Crippen LogP contribution in [-0.2, 0) is 17.8 Å². The number of fused-ring (bicyclic) bond motifs is 1. The van der Waals surface area contributed by atoms with Crippen molar-refractivity contribution < 1.29 is 4.79 Å². The van der Waals surface area contributed by atoms with Crippen molar-refractivity contribution in [1.29, 1.82) is 0 Å². The quantitative estimate of drug-likeness (QED) is 0.584. The van der Waals surface area contributed by atoms with Crippen LogP contribution in [0, 0.1) is 0 Å². The topological polar surface area (TPSA) is 38.1 Å². The third kappa shape index (κ3) is 3.82. The van der Waals surface area contributed by atoms with Crippen molar-refractivity contribution in [3.8, 4) is 5.69 Å². The molecule has 140 valence electrons. The number of imidazole rings is 1. The van der Waals surface area contributed by atoms with Gasteiger partial charge < -0.3 is 4.90 Å². The van der Waals surface area contributed by atoms with Gasteiger partial charge in [0.05, 0.1) is 11.4 Å². The summed E-state index contributed by atoms with van der Waals surface area (Å²) in [6, 6.07) is 10.5. The zero-order chi connectivity index (χ0) is 18.8. The Hall–Kier alpha value is -2.05. The molecular weight excluding hydrogens is 374 g/mol. The number of para-hydroxylation sites is 1. The van der Waals surface area contributed by atoms with E-state index >= 15 is 0 Å². The van der Waals surface area contributed by atoms with Crippen LogP contribution < -0.4 is 0 Å². The Labute approximate surface area is 168 Å². The fourth-order valence-electron chi connectivity index (χ4n) is 3.45. The van der Waals surface area contributed by atoms with E-state index in [0.717, 1.165) is 30.4 Å². The molecular formula is C21H23N3OS2. The van der Waals surface area contributed by atoms with Gasteiger partial charge in [0.2, 0.25) is 5.91 Å². The van der Waals surface area contributed by atoms with Crippen molar-refractivity contribution in [1.82, 2.24) is 14.5 Å². The van der Waals surface area contributed by atoms with Crippen LogP contribution in [0.25, 0.3) is 5.69 Å². The maximum Gasteiger partial charge on any atom is 0.233 e. The monoisotopic (exact) mass is 397 g/mol. The molecule has 4 rings (SSSR count). The summed E-state index contributed by atoms with van der Waals surface area (Å²) in [7, 11) is 0. The number of carbonyl (C=O) groups is 1. The van der Waals surface area contributed by atoms with Gasteiger partial charge in [0, 0.05) is 30.4 Å². The lowest BCUT2D eigenvalue weighted by molar-refractivity contribution is -0.129. The molecule has 4 nitrogen and oxygen atoms in total. The molecule has 2 aromatic heterocycles. The highest BCUT2D eigenvalue weighted by Gasteiger charge is 2.22. The summed E-state index contributed by atoms with van der Waals surface area (Å²) < 4.78 is 2.10. The molecule has 0 unspecified atom stereocenters. The molecule has 27 heavy (non-hydrogen) atoms. The summed E-state index contributed by atoms with van der Waals surface area (Å²) in [6.07, 6.45) is 4.76. The normalized spacial score (nSPS) is 13.8. The lowest BCUT2D eigenvalue weighted by atomic mass is 10.0. The lowest BCUT2D eigenvalue weighted by Gasteiger charge is -2.27. The largest absolute Gasteiger partial charge is 0.337 e. The van der Waals surface area contributed by atoms with E-state index in [1.54, 1.807) is 11.3 Å².